The Morgan fingerprint density at radius 1 is 0.743 bits per heavy atom. The largest absolute Gasteiger partial charge is 0.481 e. The average Bonchev–Trinajstić information content (AvgIpc) is 3.72. The predicted octanol–water partition coefficient (Wildman–Crippen LogP) is 6.92. The first kappa shape index (κ1) is 56.3. The number of amides is 2. The van der Waals surface area contributed by atoms with Crippen LogP contribution in [0, 0.1) is 32.6 Å². The SMILES string of the molecule is C=CC[C@@H](COS(=O)(=O)c1c(C)cc(C)cc1C)C(=O)O.C=CC[C@H]1CN[C@H](C(=O)N(C)[C@H](c2ccccc2)[C@H](O)c2ccccc2)[C@@H]1O.CN(C(=O)CN)[C@H](c1ccccc1)[C@H](O)c1ccccc1. The zero-order chi connectivity index (χ0) is 51.5. The van der Waals surface area contributed by atoms with Crippen LogP contribution in [0.4, 0.5) is 0 Å². The summed E-state index contributed by atoms with van der Waals surface area (Å²) in [5, 5.41) is 44.5. The van der Waals surface area contributed by atoms with Crippen molar-refractivity contribution in [3.05, 3.63) is 198 Å². The van der Waals surface area contributed by atoms with E-state index < -0.39 is 65.0 Å². The highest BCUT2D eigenvalue weighted by Gasteiger charge is 2.42. The summed E-state index contributed by atoms with van der Waals surface area (Å²) in [4.78, 5) is 39.3. The summed E-state index contributed by atoms with van der Waals surface area (Å²) in [6, 6.07) is 39.4. The monoisotopic (exact) mass is 976 g/mol. The highest BCUT2D eigenvalue weighted by molar-refractivity contribution is 7.86. The molecule has 0 aromatic heterocycles. The summed E-state index contributed by atoms with van der Waals surface area (Å²) in [7, 11) is -0.635. The van der Waals surface area contributed by atoms with Gasteiger partial charge in [0, 0.05) is 26.6 Å². The van der Waals surface area contributed by atoms with E-state index in [4.69, 9.17) is 15.0 Å². The molecular weight excluding hydrogens is 909 g/mol. The number of nitrogens with one attached hydrogen (secondary N) is 1. The van der Waals surface area contributed by atoms with Gasteiger partial charge in [-0.2, -0.15) is 8.42 Å². The van der Waals surface area contributed by atoms with Crippen LogP contribution in [0.15, 0.2) is 164 Å². The number of carboxylic acids is 1. The maximum absolute atomic E-state index is 13.2. The van der Waals surface area contributed by atoms with Crippen LogP contribution in [0.5, 0.6) is 0 Å². The van der Waals surface area contributed by atoms with Crippen LogP contribution >= 0.6 is 0 Å². The maximum atomic E-state index is 13.2. The van der Waals surface area contributed by atoms with Gasteiger partial charge < -0.3 is 41.3 Å². The fourth-order valence-corrected chi connectivity index (χ4v) is 9.92. The van der Waals surface area contributed by atoms with E-state index in [2.05, 4.69) is 18.5 Å². The van der Waals surface area contributed by atoms with Crippen molar-refractivity contribution in [3.8, 4) is 0 Å². The fourth-order valence-electron chi connectivity index (χ4n) is 8.55. The van der Waals surface area contributed by atoms with Crippen molar-refractivity contribution in [2.75, 3.05) is 33.8 Å². The molecule has 2 amide bonds. The first-order valence-electron chi connectivity index (χ1n) is 23.0. The minimum atomic E-state index is -3.98. The third kappa shape index (κ3) is 15.1. The lowest BCUT2D eigenvalue weighted by Gasteiger charge is -2.35. The van der Waals surface area contributed by atoms with Crippen molar-refractivity contribution < 1.29 is 47.4 Å². The maximum Gasteiger partial charge on any atom is 0.309 e. The first-order valence-corrected chi connectivity index (χ1v) is 24.4. The smallest absolute Gasteiger partial charge is 0.309 e. The lowest BCUT2D eigenvalue weighted by atomic mass is 9.93. The molecule has 15 heteroatoms. The molecule has 14 nitrogen and oxygen atoms in total. The molecule has 1 saturated heterocycles. The zero-order valence-corrected chi connectivity index (χ0v) is 41.4. The number of carbonyl (C=O) groups excluding carboxylic acids is 2. The number of likely N-dealkylation sites (N-methyl/N-ethyl adjacent to an activating group) is 2. The minimum Gasteiger partial charge on any atom is -0.481 e. The number of hydrogen-bond acceptors (Lipinski definition) is 11. The molecule has 8 atom stereocenters. The molecule has 0 aliphatic carbocycles. The Labute approximate surface area is 412 Å². The summed E-state index contributed by atoms with van der Waals surface area (Å²) in [6.07, 6.45) is 1.51. The highest BCUT2D eigenvalue weighted by Crippen LogP contribution is 2.36. The van der Waals surface area contributed by atoms with Crippen LogP contribution in [-0.4, -0.2) is 102 Å². The van der Waals surface area contributed by atoms with Crippen LogP contribution in [0.25, 0.3) is 0 Å². The molecule has 5 aromatic rings. The Hall–Kier alpha value is -6.30. The molecular formula is C55H68N4O10S. The molecule has 1 aliphatic heterocycles. The van der Waals surface area contributed by atoms with Gasteiger partial charge in [-0.3, -0.25) is 18.6 Å². The number of aliphatic hydroxyl groups excluding tert-OH is 3. The van der Waals surface area contributed by atoms with Gasteiger partial charge in [-0.05, 0) is 67.0 Å². The second-order valence-electron chi connectivity index (χ2n) is 17.3. The van der Waals surface area contributed by atoms with Crippen LogP contribution in [0.1, 0.15) is 76.1 Å². The second-order valence-corrected chi connectivity index (χ2v) is 18.8. The number of aliphatic carboxylic acids is 1. The number of rotatable bonds is 19. The number of hydrogen-bond donors (Lipinski definition) is 6. The quantitative estimate of drug-likeness (QED) is 0.0367. The summed E-state index contributed by atoms with van der Waals surface area (Å²) in [6.45, 7) is 12.5. The third-order valence-corrected chi connectivity index (χ3v) is 13.7. The summed E-state index contributed by atoms with van der Waals surface area (Å²) in [5.41, 5.74) is 10.8. The minimum absolute atomic E-state index is 0.0333. The second kappa shape index (κ2) is 27.2. The van der Waals surface area contributed by atoms with E-state index in [1.54, 1.807) is 51.1 Å². The number of carboxylic acid groups (broad SMARTS) is 1. The number of allylic oxidation sites excluding steroid dienone is 2. The van der Waals surface area contributed by atoms with E-state index in [1.807, 2.05) is 128 Å². The number of benzene rings is 5. The Bertz CT molecular complexity index is 2550. The molecule has 5 aromatic carbocycles. The number of nitrogens with two attached hydrogens (primary N) is 1. The highest BCUT2D eigenvalue weighted by atomic mass is 32.2. The summed E-state index contributed by atoms with van der Waals surface area (Å²) < 4.78 is 29.5. The van der Waals surface area contributed by atoms with E-state index in [-0.39, 0.29) is 35.6 Å². The third-order valence-electron chi connectivity index (χ3n) is 12.2. The van der Waals surface area contributed by atoms with Gasteiger partial charge in [-0.25, -0.2) is 0 Å². The van der Waals surface area contributed by atoms with Crippen molar-refractivity contribution >= 4 is 27.9 Å². The predicted molar refractivity (Wildman–Crippen MR) is 272 cm³/mol. The zero-order valence-electron chi connectivity index (χ0n) is 40.5. The van der Waals surface area contributed by atoms with Crippen molar-refractivity contribution in [1.82, 2.24) is 15.1 Å². The molecule has 0 radical (unpaired) electrons. The van der Waals surface area contributed by atoms with Gasteiger partial charge in [0.05, 0.1) is 42.2 Å². The normalized spacial score (nSPS) is 17.4. The molecule has 1 aliphatic rings. The van der Waals surface area contributed by atoms with E-state index in [1.165, 1.54) is 11.0 Å². The number of carbonyl (C=O) groups is 3. The van der Waals surface area contributed by atoms with Crippen molar-refractivity contribution in [3.63, 3.8) is 0 Å². The van der Waals surface area contributed by atoms with Crippen LogP contribution in [0.3, 0.4) is 0 Å². The first-order chi connectivity index (χ1) is 33.4. The van der Waals surface area contributed by atoms with Gasteiger partial charge in [0.1, 0.15) is 18.2 Å². The van der Waals surface area contributed by atoms with Gasteiger partial charge >= 0.3 is 5.97 Å². The Morgan fingerprint density at radius 3 is 1.57 bits per heavy atom. The standard InChI is InChI=1S/C23H28N2O3.C17H20N2O2.C15H20O5S/c1-3-10-18-15-24-19(21(18)26)23(28)25(2)20(16-11-6-4-7-12-16)22(27)17-13-8-5-9-14-17;1-19(15(20)12-18)16(13-8-4-2-5-9-13)17(21)14-10-6-3-7-11-14;1-5-6-13(15(16)17)9-20-21(18,19)14-11(3)7-10(2)8-12(14)4/h3-9,11-14,18-22,24,26-27H,1,10,15H2,2H3;2-11,16-17,21H,12,18H2,1H3;5,7-8,13H,1,6,9H2,2-4H3,(H,16,17)/t18-,19-,20+,21+,22+;16-,17-;13-/m010/s1. The molecule has 1 fully saturated rings. The van der Waals surface area contributed by atoms with Gasteiger partial charge in [0.15, 0.2) is 0 Å². The van der Waals surface area contributed by atoms with Crippen LogP contribution in [-0.2, 0) is 28.7 Å². The molecule has 0 bridgehead atoms. The lowest BCUT2D eigenvalue weighted by molar-refractivity contribution is -0.142. The molecule has 6 rings (SSSR count). The Balaban J connectivity index is 0.000000232. The molecule has 0 saturated carbocycles. The Kier molecular flexibility index (Phi) is 21.9. The van der Waals surface area contributed by atoms with E-state index >= 15 is 0 Å². The molecule has 70 heavy (non-hydrogen) atoms. The number of aryl methyl sites for hydroxylation is 3. The van der Waals surface area contributed by atoms with E-state index in [0.29, 0.717) is 24.1 Å². The van der Waals surface area contributed by atoms with E-state index in [0.717, 1.165) is 27.8 Å². The molecule has 0 spiro atoms. The van der Waals surface area contributed by atoms with Gasteiger partial charge in [0.2, 0.25) is 11.8 Å². The molecule has 0 unspecified atom stereocenters. The molecule has 374 valence electrons. The molecule has 7 N–H and O–H groups in total. The summed E-state index contributed by atoms with van der Waals surface area (Å²) in [5.74, 6) is -2.51. The average molecular weight is 977 g/mol. The topological polar surface area (TPSA) is 220 Å². The van der Waals surface area contributed by atoms with Crippen LogP contribution in [0.2, 0.25) is 0 Å². The van der Waals surface area contributed by atoms with Crippen molar-refractivity contribution in [2.45, 2.75) is 74.9 Å². The Morgan fingerprint density at radius 2 is 1.17 bits per heavy atom. The summed E-state index contributed by atoms with van der Waals surface area (Å²) >= 11 is 0. The van der Waals surface area contributed by atoms with Crippen molar-refractivity contribution in [2.24, 2.45) is 17.6 Å². The lowest BCUT2D eigenvalue weighted by Crippen LogP contribution is -2.49. The van der Waals surface area contributed by atoms with Gasteiger partial charge in [0.25, 0.3) is 10.1 Å². The molecule has 1 heterocycles. The van der Waals surface area contributed by atoms with Crippen LogP contribution < -0.4 is 11.1 Å². The van der Waals surface area contributed by atoms with Gasteiger partial charge in [-0.15, -0.1) is 13.2 Å². The fraction of sp³-hybridized carbons (Fsp3) is 0.327. The van der Waals surface area contributed by atoms with Gasteiger partial charge in [-0.1, -0.05) is 151 Å². The number of nitrogens with zero attached hydrogens (tertiary/aromatic N) is 2. The number of aliphatic hydroxyl groups is 3. The van der Waals surface area contributed by atoms with E-state index in [9.17, 15) is 38.1 Å². The van der Waals surface area contributed by atoms with Crippen molar-refractivity contribution in [1.29, 1.82) is 0 Å².